The van der Waals surface area contributed by atoms with Gasteiger partial charge in [-0.15, -0.1) is 0 Å². The van der Waals surface area contributed by atoms with Crippen LogP contribution in [0.15, 0.2) is 24.3 Å². The molecule has 1 heterocycles. The number of hydrogen-bond acceptors (Lipinski definition) is 4. The van der Waals surface area contributed by atoms with E-state index in [1.54, 1.807) is 0 Å². The van der Waals surface area contributed by atoms with Gasteiger partial charge >= 0.3 is 17.8 Å². The minimum atomic E-state index is -0.800. The third kappa shape index (κ3) is 3.50. The second kappa shape index (κ2) is 7.21. The molecule has 1 aliphatic heterocycles. The third-order valence-electron chi connectivity index (χ3n) is 4.88. The maximum Gasteiger partial charge on any atom is 0.334 e. The summed E-state index contributed by atoms with van der Waals surface area (Å²) in [4.78, 5) is 39.1. The first-order valence-electron chi connectivity index (χ1n) is 8.56. The number of halogens is 1. The molecule has 2 aliphatic rings. The Morgan fingerprint density at radius 2 is 1.76 bits per heavy atom. The van der Waals surface area contributed by atoms with Gasteiger partial charge in [-0.3, -0.25) is 19.4 Å². The Morgan fingerprint density at radius 1 is 1.08 bits per heavy atom. The van der Waals surface area contributed by atoms with E-state index in [1.165, 1.54) is 24.3 Å². The summed E-state index contributed by atoms with van der Waals surface area (Å²) in [5, 5.41) is 0. The number of carbonyl (C=O) groups is 3. The van der Waals surface area contributed by atoms with Crippen LogP contribution in [0, 0.1) is 11.7 Å². The first kappa shape index (κ1) is 17.4. The summed E-state index contributed by atoms with van der Waals surface area (Å²) in [6, 6.07) is 4.68. The molecule has 1 saturated carbocycles. The van der Waals surface area contributed by atoms with Crippen LogP contribution in [0.5, 0.6) is 5.75 Å². The monoisotopic (exact) mass is 348 g/mol. The minimum absolute atomic E-state index is 0.0155. The normalized spacial score (nSPS) is 24.2. The zero-order valence-corrected chi connectivity index (χ0v) is 14.1. The van der Waals surface area contributed by atoms with E-state index in [2.05, 4.69) is 0 Å². The number of urea groups is 1. The van der Waals surface area contributed by atoms with Crippen LogP contribution >= 0.6 is 0 Å². The highest BCUT2D eigenvalue weighted by molar-refractivity contribution is 6.44. The zero-order chi connectivity index (χ0) is 18.0. The summed E-state index contributed by atoms with van der Waals surface area (Å²) >= 11 is 0. The Morgan fingerprint density at radius 3 is 2.44 bits per heavy atom. The number of benzene rings is 1. The second-order valence-electron chi connectivity index (χ2n) is 6.55. The number of hydrogen-bond donors (Lipinski definition) is 0. The molecule has 0 aromatic heterocycles. The fraction of sp³-hybridized carbons (Fsp3) is 0.500. The van der Waals surface area contributed by atoms with Gasteiger partial charge in [0.25, 0.3) is 0 Å². The van der Waals surface area contributed by atoms with Crippen LogP contribution in [0.4, 0.5) is 9.18 Å². The number of imide groups is 2. The first-order valence-corrected chi connectivity index (χ1v) is 8.56. The highest BCUT2D eigenvalue weighted by atomic mass is 19.1. The smallest absolute Gasteiger partial charge is 0.334 e. The van der Waals surface area contributed by atoms with Gasteiger partial charge in [-0.1, -0.05) is 19.8 Å². The van der Waals surface area contributed by atoms with Gasteiger partial charge in [-0.25, -0.2) is 9.18 Å². The lowest BCUT2D eigenvalue weighted by atomic mass is 9.85. The molecular formula is C18H21FN2O4. The molecule has 2 fully saturated rings. The Balaban J connectivity index is 1.62. The molecule has 3 rings (SSSR count). The predicted octanol–water partition coefficient (Wildman–Crippen LogP) is 2.57. The molecule has 0 unspecified atom stereocenters. The Hall–Kier alpha value is -2.44. The topological polar surface area (TPSA) is 66.9 Å². The zero-order valence-electron chi connectivity index (χ0n) is 14.1. The molecule has 0 radical (unpaired) electrons. The summed E-state index contributed by atoms with van der Waals surface area (Å²) in [6.07, 6.45) is 3.72. The van der Waals surface area contributed by atoms with Crippen molar-refractivity contribution in [2.24, 2.45) is 5.92 Å². The van der Waals surface area contributed by atoms with Crippen LogP contribution in [0.1, 0.15) is 32.6 Å². The van der Waals surface area contributed by atoms with Gasteiger partial charge < -0.3 is 4.74 Å². The highest BCUT2D eigenvalue weighted by Crippen LogP contribution is 2.31. The van der Waals surface area contributed by atoms with Crippen LogP contribution in [-0.4, -0.2) is 46.8 Å². The van der Waals surface area contributed by atoms with Gasteiger partial charge in [-0.2, -0.15) is 0 Å². The van der Waals surface area contributed by atoms with Gasteiger partial charge in [0.15, 0.2) is 0 Å². The van der Waals surface area contributed by atoms with Crippen molar-refractivity contribution in [1.82, 2.24) is 9.80 Å². The van der Waals surface area contributed by atoms with E-state index < -0.39 is 17.8 Å². The van der Waals surface area contributed by atoms with Crippen LogP contribution in [0.25, 0.3) is 0 Å². The molecule has 1 aromatic rings. The third-order valence-corrected chi connectivity index (χ3v) is 4.88. The van der Waals surface area contributed by atoms with Crippen molar-refractivity contribution in [2.75, 3.05) is 13.2 Å². The highest BCUT2D eigenvalue weighted by Gasteiger charge is 2.48. The molecular weight excluding hydrogens is 327 g/mol. The van der Waals surface area contributed by atoms with Crippen molar-refractivity contribution in [1.29, 1.82) is 0 Å². The molecule has 134 valence electrons. The molecule has 0 bridgehead atoms. The molecule has 7 heteroatoms. The average Bonchev–Trinajstić information content (AvgIpc) is 2.81. The number of nitrogens with zero attached hydrogens (tertiary/aromatic N) is 2. The van der Waals surface area contributed by atoms with E-state index in [-0.39, 0.29) is 30.9 Å². The lowest BCUT2D eigenvalue weighted by Crippen LogP contribution is -2.46. The SMILES string of the molecule is C[C@H]1CCCC[C@@H]1N1C(=O)C(=O)N(CCOc2ccc(F)cc2)C1=O. The van der Waals surface area contributed by atoms with E-state index in [1.807, 2.05) is 6.92 Å². The van der Waals surface area contributed by atoms with Crippen molar-refractivity contribution in [3.05, 3.63) is 30.1 Å². The molecule has 6 nitrogen and oxygen atoms in total. The molecule has 2 atom stereocenters. The van der Waals surface area contributed by atoms with E-state index >= 15 is 0 Å². The molecule has 25 heavy (non-hydrogen) atoms. The van der Waals surface area contributed by atoms with Crippen LogP contribution in [0.2, 0.25) is 0 Å². The molecule has 0 spiro atoms. The van der Waals surface area contributed by atoms with Crippen molar-refractivity contribution in [3.8, 4) is 5.75 Å². The molecule has 1 aromatic carbocycles. The summed E-state index contributed by atoms with van der Waals surface area (Å²) in [5.41, 5.74) is 0. The second-order valence-corrected chi connectivity index (χ2v) is 6.55. The number of ether oxygens (including phenoxy) is 1. The fourth-order valence-electron chi connectivity index (χ4n) is 3.48. The standard InChI is InChI=1S/C18H21FN2O4/c1-12-4-2-3-5-15(12)21-17(23)16(22)20(18(21)24)10-11-25-14-8-6-13(19)7-9-14/h6-9,12,15H,2-5,10-11H2,1H3/t12-,15-/m0/s1. The predicted molar refractivity (Wildman–Crippen MR) is 87.3 cm³/mol. The maximum absolute atomic E-state index is 12.9. The van der Waals surface area contributed by atoms with Gasteiger partial charge in [0.2, 0.25) is 0 Å². The van der Waals surface area contributed by atoms with Crippen LogP contribution < -0.4 is 4.74 Å². The minimum Gasteiger partial charge on any atom is -0.492 e. The Labute approximate surface area is 145 Å². The largest absolute Gasteiger partial charge is 0.492 e. The fourth-order valence-corrected chi connectivity index (χ4v) is 3.48. The molecule has 4 amide bonds. The quantitative estimate of drug-likeness (QED) is 0.606. The van der Waals surface area contributed by atoms with E-state index in [0.717, 1.165) is 35.5 Å². The number of carbonyl (C=O) groups excluding carboxylic acids is 3. The maximum atomic E-state index is 12.9. The van der Waals surface area contributed by atoms with Gasteiger partial charge in [0, 0.05) is 6.04 Å². The van der Waals surface area contributed by atoms with E-state index in [4.69, 9.17) is 4.74 Å². The van der Waals surface area contributed by atoms with E-state index in [0.29, 0.717) is 5.75 Å². The van der Waals surface area contributed by atoms with Crippen molar-refractivity contribution in [3.63, 3.8) is 0 Å². The molecule has 0 N–H and O–H groups in total. The van der Waals surface area contributed by atoms with Gasteiger partial charge in [0.1, 0.15) is 18.2 Å². The first-order chi connectivity index (χ1) is 12.0. The summed E-state index contributed by atoms with van der Waals surface area (Å²) in [6.45, 7) is 2.04. The number of amides is 4. The average molecular weight is 348 g/mol. The molecule has 1 aliphatic carbocycles. The summed E-state index contributed by atoms with van der Waals surface area (Å²) < 4.78 is 18.3. The van der Waals surface area contributed by atoms with Gasteiger partial charge in [0.05, 0.1) is 6.54 Å². The number of rotatable bonds is 5. The van der Waals surface area contributed by atoms with Gasteiger partial charge in [-0.05, 0) is 43.0 Å². The summed E-state index contributed by atoms with van der Waals surface area (Å²) in [5.74, 6) is -1.29. The van der Waals surface area contributed by atoms with Crippen molar-refractivity contribution < 1.29 is 23.5 Å². The van der Waals surface area contributed by atoms with Crippen LogP contribution in [-0.2, 0) is 9.59 Å². The lowest BCUT2D eigenvalue weighted by molar-refractivity contribution is -0.144. The van der Waals surface area contributed by atoms with Crippen molar-refractivity contribution >= 4 is 17.8 Å². The Bertz CT molecular complexity index is 676. The van der Waals surface area contributed by atoms with Crippen molar-refractivity contribution in [2.45, 2.75) is 38.6 Å². The van der Waals surface area contributed by atoms with E-state index in [9.17, 15) is 18.8 Å². The summed E-state index contributed by atoms with van der Waals surface area (Å²) in [7, 11) is 0. The lowest BCUT2D eigenvalue weighted by Gasteiger charge is -2.34. The Kier molecular flexibility index (Phi) is 5.01. The van der Waals surface area contributed by atoms with Crippen LogP contribution in [0.3, 0.4) is 0 Å². The molecule has 1 saturated heterocycles.